The van der Waals surface area contributed by atoms with Crippen molar-refractivity contribution in [2.75, 3.05) is 17.7 Å². The molecule has 0 spiro atoms. The Kier molecular flexibility index (Phi) is 6.89. The van der Waals surface area contributed by atoms with E-state index in [1.807, 2.05) is 42.5 Å². The van der Waals surface area contributed by atoms with Crippen molar-refractivity contribution in [1.82, 2.24) is 0 Å². The van der Waals surface area contributed by atoms with Crippen molar-refractivity contribution in [1.29, 1.82) is 0 Å². The van der Waals surface area contributed by atoms with Gasteiger partial charge in [-0.1, -0.05) is 38.1 Å². The van der Waals surface area contributed by atoms with Crippen LogP contribution in [0.25, 0.3) is 0 Å². The number of ether oxygens (including phenoxy) is 1. The molecule has 0 heterocycles. The molecule has 0 fully saturated rings. The van der Waals surface area contributed by atoms with Gasteiger partial charge in [-0.2, -0.15) is 0 Å². The molecule has 0 atom stereocenters. The van der Waals surface area contributed by atoms with Gasteiger partial charge in [-0.05, 0) is 35.7 Å². The van der Waals surface area contributed by atoms with Gasteiger partial charge in [0.05, 0.1) is 11.4 Å². The van der Waals surface area contributed by atoms with E-state index in [4.69, 9.17) is 10.5 Å². The smallest absolute Gasteiger partial charge is 0.262 e. The highest BCUT2D eigenvalue weighted by Crippen LogP contribution is 2.26. The molecule has 2 rings (SSSR count). The van der Waals surface area contributed by atoms with Crippen molar-refractivity contribution < 1.29 is 14.3 Å². The molecule has 2 aromatic rings. The second-order valence-corrected chi connectivity index (χ2v) is 6.83. The third kappa shape index (κ3) is 6.15. The van der Waals surface area contributed by atoms with E-state index in [9.17, 15) is 9.59 Å². The number of primary amides is 1. The third-order valence-electron chi connectivity index (χ3n) is 3.45. The summed E-state index contributed by atoms with van der Waals surface area (Å²) in [6, 6.07) is 15.0. The van der Waals surface area contributed by atoms with Gasteiger partial charge < -0.3 is 15.8 Å². The Morgan fingerprint density at radius 1 is 1.12 bits per heavy atom. The first-order chi connectivity index (χ1) is 12.0. The molecule has 0 aliphatic heterocycles. The van der Waals surface area contributed by atoms with Crippen LogP contribution < -0.4 is 15.8 Å². The number of rotatable bonds is 8. The number of benzene rings is 2. The topological polar surface area (TPSA) is 81.4 Å². The van der Waals surface area contributed by atoms with Crippen LogP contribution in [0.5, 0.6) is 5.75 Å². The normalized spacial score (nSPS) is 10.5. The molecule has 25 heavy (non-hydrogen) atoms. The summed E-state index contributed by atoms with van der Waals surface area (Å²) in [4.78, 5) is 23.8. The third-order valence-corrected chi connectivity index (χ3v) is 4.54. The molecule has 5 nitrogen and oxygen atoms in total. The molecular formula is C19H22N2O3S. The predicted octanol–water partition coefficient (Wildman–Crippen LogP) is 3.40. The first-order valence-electron chi connectivity index (χ1n) is 7.98. The highest BCUT2D eigenvalue weighted by atomic mass is 32.2. The van der Waals surface area contributed by atoms with E-state index in [0.717, 1.165) is 4.90 Å². The van der Waals surface area contributed by atoms with Gasteiger partial charge in [0.15, 0.2) is 6.61 Å². The summed E-state index contributed by atoms with van der Waals surface area (Å²) in [5, 5.41) is 2.80. The van der Waals surface area contributed by atoms with Gasteiger partial charge >= 0.3 is 0 Å². The standard InChI is InChI=1S/C19H22N2O3S/c1-13(2)14-7-9-15(10-8-14)24-11-19(23)21-16-5-3-4-6-17(16)25-12-18(20)22/h3-10,13H,11-12H2,1-2H3,(H2,20,22)(H,21,23). The molecule has 132 valence electrons. The molecule has 2 aromatic carbocycles. The lowest BCUT2D eigenvalue weighted by atomic mass is 10.0. The summed E-state index contributed by atoms with van der Waals surface area (Å²) in [5.41, 5.74) is 7.02. The number of para-hydroxylation sites is 1. The molecule has 2 amide bonds. The lowest BCUT2D eigenvalue weighted by Crippen LogP contribution is -2.20. The summed E-state index contributed by atoms with van der Waals surface area (Å²) in [6.45, 7) is 4.16. The van der Waals surface area contributed by atoms with E-state index < -0.39 is 5.91 Å². The Hall–Kier alpha value is -2.47. The van der Waals surface area contributed by atoms with Gasteiger partial charge in [0.1, 0.15) is 5.75 Å². The van der Waals surface area contributed by atoms with Crippen LogP contribution in [0.15, 0.2) is 53.4 Å². The van der Waals surface area contributed by atoms with Crippen LogP contribution in [0.1, 0.15) is 25.3 Å². The Labute approximate surface area is 151 Å². The maximum atomic E-state index is 12.1. The molecule has 3 N–H and O–H groups in total. The average Bonchev–Trinajstić information content (AvgIpc) is 2.59. The van der Waals surface area contributed by atoms with Crippen LogP contribution in [-0.2, 0) is 9.59 Å². The minimum Gasteiger partial charge on any atom is -0.484 e. The number of thioether (sulfide) groups is 1. The number of carbonyl (C=O) groups excluding carboxylic acids is 2. The van der Waals surface area contributed by atoms with E-state index in [1.54, 1.807) is 6.07 Å². The molecule has 6 heteroatoms. The zero-order valence-corrected chi connectivity index (χ0v) is 15.1. The number of anilines is 1. The number of amides is 2. The minimum atomic E-state index is -0.403. The number of nitrogens with two attached hydrogens (primary N) is 1. The van der Waals surface area contributed by atoms with E-state index in [-0.39, 0.29) is 18.3 Å². The monoisotopic (exact) mass is 358 g/mol. The lowest BCUT2D eigenvalue weighted by molar-refractivity contribution is -0.118. The fourth-order valence-electron chi connectivity index (χ4n) is 2.13. The lowest BCUT2D eigenvalue weighted by Gasteiger charge is -2.11. The SMILES string of the molecule is CC(C)c1ccc(OCC(=O)Nc2ccccc2SCC(N)=O)cc1. The van der Waals surface area contributed by atoms with E-state index >= 15 is 0 Å². The summed E-state index contributed by atoms with van der Waals surface area (Å²) in [6.07, 6.45) is 0. The Bertz CT molecular complexity index is 730. The zero-order valence-electron chi connectivity index (χ0n) is 14.3. The molecule has 0 radical (unpaired) electrons. The second-order valence-electron chi connectivity index (χ2n) is 5.81. The highest BCUT2D eigenvalue weighted by Gasteiger charge is 2.09. The maximum absolute atomic E-state index is 12.1. The molecule has 0 saturated carbocycles. The van der Waals surface area contributed by atoms with Crippen LogP contribution in [0.4, 0.5) is 5.69 Å². The summed E-state index contributed by atoms with van der Waals surface area (Å²) in [7, 11) is 0. The Morgan fingerprint density at radius 3 is 2.44 bits per heavy atom. The fraction of sp³-hybridized carbons (Fsp3) is 0.263. The highest BCUT2D eigenvalue weighted by molar-refractivity contribution is 8.00. The van der Waals surface area contributed by atoms with Crippen LogP contribution in [-0.4, -0.2) is 24.2 Å². The molecule has 0 unspecified atom stereocenters. The van der Waals surface area contributed by atoms with Gasteiger partial charge in [-0.3, -0.25) is 9.59 Å². The molecule has 0 aliphatic rings. The van der Waals surface area contributed by atoms with Gasteiger partial charge in [0.25, 0.3) is 5.91 Å². The first-order valence-corrected chi connectivity index (χ1v) is 8.97. The molecule has 0 bridgehead atoms. The average molecular weight is 358 g/mol. The second kappa shape index (κ2) is 9.13. The fourth-order valence-corrected chi connectivity index (χ4v) is 2.88. The van der Waals surface area contributed by atoms with E-state index in [0.29, 0.717) is 17.4 Å². The number of hydrogen-bond donors (Lipinski definition) is 2. The van der Waals surface area contributed by atoms with Crippen LogP contribution in [0, 0.1) is 0 Å². The Balaban J connectivity index is 1.91. The molecule has 0 saturated heterocycles. The van der Waals surface area contributed by atoms with Crippen molar-refractivity contribution >= 4 is 29.3 Å². The van der Waals surface area contributed by atoms with Crippen molar-refractivity contribution in [3.8, 4) is 5.75 Å². The maximum Gasteiger partial charge on any atom is 0.262 e. The van der Waals surface area contributed by atoms with Gasteiger partial charge in [0, 0.05) is 4.90 Å². The minimum absolute atomic E-state index is 0.0875. The zero-order chi connectivity index (χ0) is 18.2. The van der Waals surface area contributed by atoms with Crippen molar-refractivity contribution in [3.05, 3.63) is 54.1 Å². The van der Waals surface area contributed by atoms with E-state index in [2.05, 4.69) is 19.2 Å². The molecule has 0 aliphatic carbocycles. The molecule has 0 aromatic heterocycles. The van der Waals surface area contributed by atoms with Gasteiger partial charge in [0.2, 0.25) is 5.91 Å². The van der Waals surface area contributed by atoms with Crippen molar-refractivity contribution in [2.45, 2.75) is 24.7 Å². The molecular weight excluding hydrogens is 336 g/mol. The number of carbonyl (C=O) groups is 2. The Morgan fingerprint density at radius 2 is 1.80 bits per heavy atom. The van der Waals surface area contributed by atoms with Crippen molar-refractivity contribution in [3.63, 3.8) is 0 Å². The van der Waals surface area contributed by atoms with Crippen LogP contribution >= 0.6 is 11.8 Å². The summed E-state index contributed by atoms with van der Waals surface area (Å²) < 4.78 is 5.52. The summed E-state index contributed by atoms with van der Waals surface area (Å²) in [5.74, 6) is 0.591. The van der Waals surface area contributed by atoms with Crippen LogP contribution in [0.2, 0.25) is 0 Å². The van der Waals surface area contributed by atoms with Crippen LogP contribution in [0.3, 0.4) is 0 Å². The number of hydrogen-bond acceptors (Lipinski definition) is 4. The van der Waals surface area contributed by atoms with Crippen molar-refractivity contribution in [2.24, 2.45) is 5.73 Å². The van der Waals surface area contributed by atoms with Gasteiger partial charge in [-0.15, -0.1) is 11.8 Å². The first kappa shape index (κ1) is 18.9. The largest absolute Gasteiger partial charge is 0.484 e. The quantitative estimate of drug-likeness (QED) is 0.709. The van der Waals surface area contributed by atoms with Gasteiger partial charge in [-0.25, -0.2) is 0 Å². The summed E-state index contributed by atoms with van der Waals surface area (Å²) >= 11 is 1.29. The predicted molar refractivity (Wildman–Crippen MR) is 101 cm³/mol. The van der Waals surface area contributed by atoms with E-state index in [1.165, 1.54) is 17.3 Å². The number of nitrogens with one attached hydrogen (secondary N) is 1.